The predicted octanol–water partition coefficient (Wildman–Crippen LogP) is 2.54. The fourth-order valence-corrected chi connectivity index (χ4v) is 4.69. The van der Waals surface area contributed by atoms with Crippen molar-refractivity contribution in [3.63, 3.8) is 0 Å². The molecule has 0 saturated carbocycles. The average Bonchev–Trinajstić information content (AvgIpc) is 3.27. The van der Waals surface area contributed by atoms with Crippen molar-refractivity contribution in [2.75, 3.05) is 56.3 Å². The van der Waals surface area contributed by atoms with Crippen LogP contribution in [0.15, 0.2) is 23.6 Å². The molecule has 2 aliphatic rings. The van der Waals surface area contributed by atoms with E-state index in [0.29, 0.717) is 33.0 Å². The Balaban J connectivity index is 1.48. The number of carboxylic acid groups (broad SMARTS) is 1. The molecule has 2 N–H and O–H groups in total. The lowest BCUT2D eigenvalue weighted by Gasteiger charge is -2.42. The maximum atomic E-state index is 12.7. The number of anilines is 2. The molecule has 0 bridgehead atoms. The highest BCUT2D eigenvalue weighted by molar-refractivity contribution is 7.14. The van der Waals surface area contributed by atoms with E-state index < -0.39 is 11.9 Å². The van der Waals surface area contributed by atoms with Gasteiger partial charge >= 0.3 is 5.97 Å². The van der Waals surface area contributed by atoms with Crippen molar-refractivity contribution in [3.05, 3.63) is 40.4 Å². The molecule has 10 heteroatoms. The van der Waals surface area contributed by atoms with E-state index in [-0.39, 0.29) is 22.5 Å². The highest BCUT2D eigenvalue weighted by Gasteiger charge is 2.30. The number of thiazole rings is 1. The molecule has 2 saturated heterocycles. The number of hydrogen-bond donors (Lipinski definition) is 2. The van der Waals surface area contributed by atoms with E-state index in [2.05, 4.69) is 33.9 Å². The molecule has 3 heterocycles. The molecule has 172 valence electrons. The second-order valence-electron chi connectivity index (χ2n) is 8.54. The van der Waals surface area contributed by atoms with Crippen LogP contribution in [0.3, 0.4) is 0 Å². The number of aromatic carboxylic acids is 1. The van der Waals surface area contributed by atoms with Gasteiger partial charge in [0.05, 0.1) is 37.7 Å². The summed E-state index contributed by atoms with van der Waals surface area (Å²) in [5.41, 5.74) is 1.33. The van der Waals surface area contributed by atoms with Gasteiger partial charge in [0.1, 0.15) is 5.69 Å². The number of nitrogens with one attached hydrogen (secondary N) is 1. The molecule has 1 aromatic heterocycles. The van der Waals surface area contributed by atoms with Gasteiger partial charge in [-0.2, -0.15) is 0 Å². The van der Waals surface area contributed by atoms with Crippen LogP contribution in [0, 0.1) is 0 Å². The Hall–Kier alpha value is -2.53. The van der Waals surface area contributed by atoms with Crippen molar-refractivity contribution < 1.29 is 24.2 Å². The zero-order valence-corrected chi connectivity index (χ0v) is 19.1. The number of rotatable bonds is 6. The summed E-state index contributed by atoms with van der Waals surface area (Å²) in [4.78, 5) is 33.4. The first-order valence-electron chi connectivity index (χ1n) is 10.6. The molecule has 1 aromatic carbocycles. The molecule has 9 nitrogen and oxygen atoms in total. The fraction of sp³-hybridized carbons (Fsp3) is 0.500. The largest absolute Gasteiger partial charge is 0.478 e. The van der Waals surface area contributed by atoms with Gasteiger partial charge in [-0.3, -0.25) is 9.69 Å². The Bertz CT molecular complexity index is 986. The quantitative estimate of drug-likeness (QED) is 0.678. The molecular weight excluding hydrogens is 432 g/mol. The lowest BCUT2D eigenvalue weighted by Crippen LogP contribution is -2.52. The monoisotopic (exact) mass is 460 g/mol. The van der Waals surface area contributed by atoms with Crippen molar-refractivity contribution in [1.29, 1.82) is 0 Å². The number of carbonyl (C=O) groups is 2. The molecule has 4 rings (SSSR count). The van der Waals surface area contributed by atoms with Gasteiger partial charge in [0.2, 0.25) is 0 Å². The first-order chi connectivity index (χ1) is 15.3. The van der Waals surface area contributed by atoms with Gasteiger partial charge in [-0.1, -0.05) is 6.07 Å². The smallest absolute Gasteiger partial charge is 0.337 e. The molecule has 1 amide bonds. The highest BCUT2D eigenvalue weighted by atomic mass is 32.1. The standard InChI is InChI=1S/C22H28N4O5S/c1-22(2)14-31-10-7-26(22)12-15-3-4-17(16(11-15)20(28)29)23-19(27)18-13-32-21(24-18)25-5-8-30-9-6-25/h3-4,11,13H,5-10,12,14H2,1-2H3,(H,23,27)(H,28,29). The Kier molecular flexibility index (Phi) is 6.75. The Morgan fingerprint density at radius 3 is 2.66 bits per heavy atom. The number of ether oxygens (including phenoxy) is 2. The second kappa shape index (κ2) is 9.53. The van der Waals surface area contributed by atoms with Gasteiger partial charge < -0.3 is 24.8 Å². The van der Waals surface area contributed by atoms with E-state index in [1.54, 1.807) is 17.5 Å². The number of amides is 1. The van der Waals surface area contributed by atoms with Crippen LogP contribution in [-0.2, 0) is 16.0 Å². The Morgan fingerprint density at radius 2 is 1.94 bits per heavy atom. The van der Waals surface area contributed by atoms with E-state index in [0.717, 1.165) is 30.3 Å². The van der Waals surface area contributed by atoms with Crippen molar-refractivity contribution in [2.24, 2.45) is 0 Å². The third-order valence-electron chi connectivity index (χ3n) is 5.76. The van der Waals surface area contributed by atoms with Gasteiger partial charge in [-0.15, -0.1) is 11.3 Å². The summed E-state index contributed by atoms with van der Waals surface area (Å²) in [7, 11) is 0. The zero-order valence-electron chi connectivity index (χ0n) is 18.3. The molecule has 2 aromatic rings. The van der Waals surface area contributed by atoms with Crippen molar-refractivity contribution in [3.8, 4) is 0 Å². The molecule has 2 fully saturated rings. The lowest BCUT2D eigenvalue weighted by atomic mass is 10.0. The fourth-order valence-electron chi connectivity index (χ4n) is 3.83. The minimum atomic E-state index is -1.09. The number of carboxylic acids is 1. The van der Waals surface area contributed by atoms with Gasteiger partial charge in [-0.25, -0.2) is 9.78 Å². The number of carbonyl (C=O) groups excluding carboxylic acids is 1. The molecular formula is C22H28N4O5S. The van der Waals surface area contributed by atoms with E-state index in [1.807, 2.05) is 6.07 Å². The molecule has 2 aliphatic heterocycles. The molecule has 0 unspecified atom stereocenters. The molecule has 0 radical (unpaired) electrons. The number of benzene rings is 1. The van der Waals surface area contributed by atoms with Crippen LogP contribution >= 0.6 is 11.3 Å². The summed E-state index contributed by atoms with van der Waals surface area (Å²) >= 11 is 1.39. The first kappa shape index (κ1) is 22.7. The van der Waals surface area contributed by atoms with Gasteiger partial charge in [0.25, 0.3) is 5.91 Å². The topological polar surface area (TPSA) is 104 Å². The SMILES string of the molecule is CC1(C)COCCN1Cc1ccc(NC(=O)c2csc(N3CCOCC3)n2)c(C(=O)O)c1. The number of hydrogen-bond acceptors (Lipinski definition) is 8. The minimum Gasteiger partial charge on any atom is -0.478 e. The highest BCUT2D eigenvalue weighted by Crippen LogP contribution is 2.26. The summed E-state index contributed by atoms with van der Waals surface area (Å²) in [6.45, 7) is 9.64. The molecule has 0 atom stereocenters. The molecule has 32 heavy (non-hydrogen) atoms. The van der Waals surface area contributed by atoms with E-state index in [9.17, 15) is 14.7 Å². The maximum Gasteiger partial charge on any atom is 0.337 e. The summed E-state index contributed by atoms with van der Waals surface area (Å²) in [6, 6.07) is 5.14. The Morgan fingerprint density at radius 1 is 1.19 bits per heavy atom. The normalized spacial score (nSPS) is 19.0. The summed E-state index contributed by atoms with van der Waals surface area (Å²) in [6.07, 6.45) is 0. The van der Waals surface area contributed by atoms with Crippen LogP contribution < -0.4 is 10.2 Å². The third-order valence-corrected chi connectivity index (χ3v) is 6.66. The molecule has 0 spiro atoms. The van der Waals surface area contributed by atoms with Crippen LogP contribution in [0.25, 0.3) is 0 Å². The minimum absolute atomic E-state index is 0.0607. The Labute approximate surface area is 190 Å². The van der Waals surface area contributed by atoms with E-state index >= 15 is 0 Å². The molecule has 0 aliphatic carbocycles. The predicted molar refractivity (Wildman–Crippen MR) is 122 cm³/mol. The average molecular weight is 461 g/mol. The summed E-state index contributed by atoms with van der Waals surface area (Å²) in [5, 5.41) is 14.9. The number of morpholine rings is 2. The van der Waals surface area contributed by atoms with Crippen LogP contribution in [0.5, 0.6) is 0 Å². The van der Waals surface area contributed by atoms with Crippen molar-refractivity contribution in [1.82, 2.24) is 9.88 Å². The number of nitrogens with zero attached hydrogens (tertiary/aromatic N) is 3. The summed E-state index contributed by atoms with van der Waals surface area (Å²) in [5.74, 6) is -1.51. The van der Waals surface area contributed by atoms with Crippen molar-refractivity contribution in [2.45, 2.75) is 25.9 Å². The zero-order chi connectivity index (χ0) is 22.7. The third kappa shape index (κ3) is 5.09. The van der Waals surface area contributed by atoms with Gasteiger partial charge in [0.15, 0.2) is 5.13 Å². The van der Waals surface area contributed by atoms with E-state index in [1.165, 1.54) is 11.3 Å². The van der Waals surface area contributed by atoms with Crippen LogP contribution in [0.4, 0.5) is 10.8 Å². The first-order valence-corrected chi connectivity index (χ1v) is 11.5. The van der Waals surface area contributed by atoms with Gasteiger partial charge in [-0.05, 0) is 31.5 Å². The van der Waals surface area contributed by atoms with Crippen molar-refractivity contribution >= 4 is 34.0 Å². The van der Waals surface area contributed by atoms with Crippen LogP contribution in [-0.4, -0.2) is 78.5 Å². The number of aromatic nitrogens is 1. The van der Waals surface area contributed by atoms with E-state index in [4.69, 9.17) is 9.47 Å². The van der Waals surface area contributed by atoms with Gasteiger partial charge in [0, 0.05) is 37.1 Å². The lowest BCUT2D eigenvalue weighted by molar-refractivity contribution is -0.0552. The van der Waals surface area contributed by atoms with Crippen LogP contribution in [0.1, 0.15) is 40.3 Å². The second-order valence-corrected chi connectivity index (χ2v) is 9.38. The van der Waals surface area contributed by atoms with Crippen LogP contribution in [0.2, 0.25) is 0 Å². The summed E-state index contributed by atoms with van der Waals surface area (Å²) < 4.78 is 10.9. The maximum absolute atomic E-state index is 12.7.